The Morgan fingerprint density at radius 3 is 2.77 bits per heavy atom. The molecule has 6 rings (SSSR count). The van der Waals surface area contributed by atoms with Crippen molar-refractivity contribution in [3.05, 3.63) is 23.8 Å². The zero-order valence-corrected chi connectivity index (χ0v) is 15.1. The number of aromatic nitrogens is 5. The fourth-order valence-electron chi connectivity index (χ4n) is 4.27. The highest BCUT2D eigenvalue weighted by Crippen LogP contribution is 2.41. The zero-order chi connectivity index (χ0) is 17.1. The molecule has 8 heteroatoms. The Labute approximate surface area is 153 Å². The van der Waals surface area contributed by atoms with Crippen LogP contribution in [0.4, 0.5) is 5.82 Å². The van der Waals surface area contributed by atoms with E-state index in [1.165, 1.54) is 35.2 Å². The number of rotatable bonds is 1. The lowest BCUT2D eigenvalue weighted by molar-refractivity contribution is 0.122. The van der Waals surface area contributed by atoms with Crippen LogP contribution in [0.15, 0.2) is 12.7 Å². The second kappa shape index (κ2) is 5.59. The highest BCUT2D eigenvalue weighted by molar-refractivity contribution is 7.26. The van der Waals surface area contributed by atoms with Gasteiger partial charge in [-0.15, -0.1) is 21.5 Å². The first-order valence-corrected chi connectivity index (χ1v) is 9.97. The molecule has 0 radical (unpaired) electrons. The summed E-state index contributed by atoms with van der Waals surface area (Å²) in [7, 11) is 0. The lowest BCUT2D eigenvalue weighted by Crippen LogP contribution is -2.37. The van der Waals surface area contributed by atoms with E-state index in [-0.39, 0.29) is 0 Å². The van der Waals surface area contributed by atoms with E-state index in [0.717, 1.165) is 59.8 Å². The Morgan fingerprint density at radius 1 is 1.04 bits per heavy atom. The summed E-state index contributed by atoms with van der Waals surface area (Å²) in [4.78, 5) is 13.3. The van der Waals surface area contributed by atoms with Gasteiger partial charge in [0.2, 0.25) is 0 Å². The van der Waals surface area contributed by atoms with Crippen molar-refractivity contribution < 1.29 is 4.74 Å². The van der Waals surface area contributed by atoms with Gasteiger partial charge in [0.05, 0.1) is 18.7 Å². The summed E-state index contributed by atoms with van der Waals surface area (Å²) >= 11 is 1.69. The zero-order valence-electron chi connectivity index (χ0n) is 14.3. The predicted octanol–water partition coefficient (Wildman–Crippen LogP) is 2.60. The molecule has 1 saturated heterocycles. The number of anilines is 1. The molecule has 4 aromatic rings. The summed E-state index contributed by atoms with van der Waals surface area (Å²) in [6, 6.07) is 0. The van der Waals surface area contributed by atoms with Gasteiger partial charge in [-0.1, -0.05) is 0 Å². The second-order valence-corrected chi connectivity index (χ2v) is 7.96. The van der Waals surface area contributed by atoms with Crippen LogP contribution in [0.3, 0.4) is 0 Å². The summed E-state index contributed by atoms with van der Waals surface area (Å²) in [5.74, 6) is 1.17. The molecule has 0 aromatic carbocycles. The molecule has 0 spiro atoms. The number of morpholine rings is 1. The van der Waals surface area contributed by atoms with Gasteiger partial charge in [-0.2, -0.15) is 0 Å². The third kappa shape index (κ3) is 2.02. The number of ether oxygens (including phenoxy) is 1. The first-order chi connectivity index (χ1) is 12.9. The van der Waals surface area contributed by atoms with Crippen molar-refractivity contribution in [2.45, 2.75) is 25.7 Å². The van der Waals surface area contributed by atoms with Crippen LogP contribution in [0, 0.1) is 0 Å². The van der Waals surface area contributed by atoms with Crippen molar-refractivity contribution in [2.24, 2.45) is 0 Å². The van der Waals surface area contributed by atoms with E-state index >= 15 is 0 Å². The molecule has 4 aromatic heterocycles. The maximum atomic E-state index is 5.55. The standard InChI is InChI=1S/C18H18N6OS/c1-2-4-12-11(3-1)13-14-15(17-22-20-10-24(17)9-19-14)26-18(13)21-16(12)23-5-7-25-8-6-23/h9-10H,1-8H2. The van der Waals surface area contributed by atoms with Crippen molar-refractivity contribution in [1.29, 1.82) is 0 Å². The molecule has 0 unspecified atom stereocenters. The summed E-state index contributed by atoms with van der Waals surface area (Å²) in [6.07, 6.45) is 8.20. The van der Waals surface area contributed by atoms with Gasteiger partial charge >= 0.3 is 0 Å². The van der Waals surface area contributed by atoms with Crippen molar-refractivity contribution in [3.8, 4) is 0 Å². The Bertz CT molecular complexity index is 1140. The quantitative estimate of drug-likeness (QED) is 0.516. The van der Waals surface area contributed by atoms with Crippen LogP contribution in [-0.4, -0.2) is 50.9 Å². The fourth-order valence-corrected chi connectivity index (χ4v) is 5.41. The van der Waals surface area contributed by atoms with E-state index in [4.69, 9.17) is 14.7 Å². The highest BCUT2D eigenvalue weighted by atomic mass is 32.1. The highest BCUT2D eigenvalue weighted by Gasteiger charge is 2.26. The van der Waals surface area contributed by atoms with Crippen molar-refractivity contribution in [2.75, 3.05) is 31.2 Å². The predicted molar refractivity (Wildman–Crippen MR) is 101 cm³/mol. The maximum Gasteiger partial charge on any atom is 0.181 e. The van der Waals surface area contributed by atoms with Crippen LogP contribution < -0.4 is 4.90 Å². The second-order valence-electron chi connectivity index (χ2n) is 6.97. The van der Waals surface area contributed by atoms with E-state index in [1.54, 1.807) is 17.7 Å². The summed E-state index contributed by atoms with van der Waals surface area (Å²) in [5, 5.41) is 9.57. The number of hydrogen-bond donors (Lipinski definition) is 0. The molecule has 0 saturated carbocycles. The van der Waals surface area contributed by atoms with Gasteiger partial charge < -0.3 is 9.64 Å². The van der Waals surface area contributed by atoms with Crippen LogP contribution in [0.1, 0.15) is 24.0 Å². The molecule has 0 N–H and O–H groups in total. The number of thiophene rings is 1. The minimum atomic E-state index is 0.781. The first kappa shape index (κ1) is 14.8. The van der Waals surface area contributed by atoms with Crippen LogP contribution in [0.25, 0.3) is 26.1 Å². The summed E-state index contributed by atoms with van der Waals surface area (Å²) in [5.41, 5.74) is 4.78. The third-order valence-corrected chi connectivity index (χ3v) is 6.58. The normalized spacial score (nSPS) is 18.1. The number of fused-ring (bicyclic) bond motifs is 7. The molecule has 1 aliphatic heterocycles. The molecule has 0 bridgehead atoms. The van der Waals surface area contributed by atoms with Crippen molar-refractivity contribution in [3.63, 3.8) is 0 Å². The topological polar surface area (TPSA) is 68.4 Å². The molecular formula is C18H18N6OS. The number of nitrogens with zero attached hydrogens (tertiary/aromatic N) is 6. The Kier molecular flexibility index (Phi) is 3.18. The van der Waals surface area contributed by atoms with Gasteiger partial charge in [-0.3, -0.25) is 4.40 Å². The Balaban J connectivity index is 1.69. The molecule has 7 nitrogen and oxygen atoms in total. The molecule has 5 heterocycles. The van der Waals surface area contributed by atoms with E-state index in [0.29, 0.717) is 0 Å². The third-order valence-electron chi connectivity index (χ3n) is 5.51. The Morgan fingerprint density at radius 2 is 1.88 bits per heavy atom. The summed E-state index contributed by atoms with van der Waals surface area (Å²) in [6.45, 7) is 3.40. The minimum absolute atomic E-state index is 0.781. The number of pyridine rings is 1. The van der Waals surface area contributed by atoms with Crippen LogP contribution in [-0.2, 0) is 17.6 Å². The SMILES string of the molecule is c1nnc2c3sc4nc(N5CCOCC5)c5c(c4c3ncn12)CCCC5. The monoisotopic (exact) mass is 366 g/mol. The van der Waals surface area contributed by atoms with E-state index < -0.39 is 0 Å². The largest absolute Gasteiger partial charge is 0.378 e. The maximum absolute atomic E-state index is 5.55. The lowest BCUT2D eigenvalue weighted by Gasteiger charge is -2.31. The molecule has 1 fully saturated rings. The van der Waals surface area contributed by atoms with Gasteiger partial charge in [-0.25, -0.2) is 9.97 Å². The average molecular weight is 366 g/mol. The number of aryl methyl sites for hydroxylation is 1. The summed E-state index contributed by atoms with van der Waals surface area (Å²) < 4.78 is 8.51. The van der Waals surface area contributed by atoms with Gasteiger partial charge in [0, 0.05) is 18.5 Å². The molecular weight excluding hydrogens is 348 g/mol. The molecule has 132 valence electrons. The minimum Gasteiger partial charge on any atom is -0.378 e. The average Bonchev–Trinajstić information content (AvgIpc) is 3.32. The van der Waals surface area contributed by atoms with Crippen LogP contribution in [0.5, 0.6) is 0 Å². The van der Waals surface area contributed by atoms with Crippen LogP contribution in [0.2, 0.25) is 0 Å². The smallest absolute Gasteiger partial charge is 0.181 e. The molecule has 2 aliphatic rings. The number of hydrogen-bond acceptors (Lipinski definition) is 7. The van der Waals surface area contributed by atoms with Gasteiger partial charge in [0.15, 0.2) is 5.65 Å². The van der Waals surface area contributed by atoms with E-state index in [1.807, 2.05) is 10.7 Å². The van der Waals surface area contributed by atoms with Gasteiger partial charge in [0.1, 0.15) is 28.0 Å². The lowest BCUT2D eigenvalue weighted by atomic mass is 9.90. The van der Waals surface area contributed by atoms with Crippen molar-refractivity contribution in [1.82, 2.24) is 24.6 Å². The molecule has 0 amide bonds. The first-order valence-electron chi connectivity index (χ1n) is 9.15. The molecule has 26 heavy (non-hydrogen) atoms. The van der Waals surface area contributed by atoms with Crippen LogP contribution >= 0.6 is 11.3 Å². The molecule has 0 atom stereocenters. The molecule has 1 aliphatic carbocycles. The Hall–Kier alpha value is -2.32. The van der Waals surface area contributed by atoms with Crippen molar-refractivity contribution >= 4 is 43.2 Å². The van der Waals surface area contributed by atoms with Gasteiger partial charge in [-0.05, 0) is 36.8 Å². The van der Waals surface area contributed by atoms with E-state index in [2.05, 4.69) is 15.1 Å². The van der Waals surface area contributed by atoms with E-state index in [9.17, 15) is 0 Å². The van der Waals surface area contributed by atoms with Gasteiger partial charge in [0.25, 0.3) is 0 Å². The fraction of sp³-hybridized carbons (Fsp3) is 0.444.